The Morgan fingerprint density at radius 2 is 2.14 bits per heavy atom. The van der Waals surface area contributed by atoms with Crippen molar-refractivity contribution < 1.29 is 9.13 Å². The normalized spacial score (nSPS) is 14.7. The molecular weight excluding hydrogens is 267 g/mol. The molecule has 0 aromatic heterocycles. The molecule has 2 rings (SSSR count). The molecule has 0 saturated heterocycles. The van der Waals surface area contributed by atoms with Gasteiger partial charge in [0.15, 0.2) is 0 Å². The fraction of sp³-hybridized carbons (Fsp3) is 0.647. The van der Waals surface area contributed by atoms with Crippen molar-refractivity contribution in [3.8, 4) is 0 Å². The predicted molar refractivity (Wildman–Crippen MR) is 85.2 cm³/mol. The van der Waals surface area contributed by atoms with Crippen LogP contribution < -0.4 is 10.2 Å². The number of methoxy groups -OCH3 is 1. The Kier molecular flexibility index (Phi) is 6.00. The number of hydrogen-bond acceptors (Lipinski definition) is 3. The molecule has 1 aromatic rings. The van der Waals surface area contributed by atoms with Crippen LogP contribution in [0.3, 0.4) is 0 Å². The molecule has 1 saturated carbocycles. The Morgan fingerprint density at radius 1 is 1.38 bits per heavy atom. The van der Waals surface area contributed by atoms with Gasteiger partial charge in [0.1, 0.15) is 5.82 Å². The minimum atomic E-state index is -0.123. The lowest BCUT2D eigenvalue weighted by Gasteiger charge is -2.27. The average molecular weight is 294 g/mol. The summed E-state index contributed by atoms with van der Waals surface area (Å²) in [5.41, 5.74) is 1.80. The molecule has 0 radical (unpaired) electrons. The van der Waals surface area contributed by atoms with Crippen molar-refractivity contribution in [2.75, 3.05) is 31.7 Å². The first-order valence-corrected chi connectivity index (χ1v) is 7.87. The van der Waals surface area contributed by atoms with E-state index in [0.29, 0.717) is 25.1 Å². The Balaban J connectivity index is 2.14. The maximum atomic E-state index is 14.4. The largest absolute Gasteiger partial charge is 0.383 e. The van der Waals surface area contributed by atoms with Crippen LogP contribution in [0.5, 0.6) is 0 Å². The summed E-state index contributed by atoms with van der Waals surface area (Å²) < 4.78 is 19.6. The highest BCUT2D eigenvalue weighted by atomic mass is 19.1. The van der Waals surface area contributed by atoms with Gasteiger partial charge in [0, 0.05) is 26.2 Å². The molecule has 3 nitrogen and oxygen atoms in total. The van der Waals surface area contributed by atoms with Crippen molar-refractivity contribution in [1.29, 1.82) is 0 Å². The van der Waals surface area contributed by atoms with Crippen LogP contribution in [0, 0.1) is 11.7 Å². The Morgan fingerprint density at radius 3 is 2.76 bits per heavy atom. The fourth-order valence-electron chi connectivity index (χ4n) is 2.57. The second-order valence-electron chi connectivity index (χ2n) is 6.19. The highest BCUT2D eigenvalue weighted by Crippen LogP contribution is 2.35. The number of nitrogens with zero attached hydrogens (tertiary/aromatic N) is 1. The third-order valence-electron chi connectivity index (χ3n) is 3.75. The van der Waals surface area contributed by atoms with E-state index in [2.05, 4.69) is 24.1 Å². The van der Waals surface area contributed by atoms with Gasteiger partial charge in [-0.15, -0.1) is 0 Å². The van der Waals surface area contributed by atoms with Crippen LogP contribution in [0.25, 0.3) is 0 Å². The second kappa shape index (κ2) is 7.76. The van der Waals surface area contributed by atoms with Crippen LogP contribution in [0.4, 0.5) is 10.1 Å². The van der Waals surface area contributed by atoms with Gasteiger partial charge in [0.25, 0.3) is 0 Å². The lowest BCUT2D eigenvalue weighted by Crippen LogP contribution is -2.32. The van der Waals surface area contributed by atoms with Crippen molar-refractivity contribution >= 4 is 5.69 Å². The number of para-hydroxylation sites is 1. The molecule has 1 aromatic carbocycles. The lowest BCUT2D eigenvalue weighted by atomic mass is 10.1. The third-order valence-corrected chi connectivity index (χ3v) is 3.75. The van der Waals surface area contributed by atoms with E-state index in [-0.39, 0.29) is 5.82 Å². The number of halogens is 1. The molecule has 0 amide bonds. The quantitative estimate of drug-likeness (QED) is 0.757. The van der Waals surface area contributed by atoms with Crippen LogP contribution in [0.2, 0.25) is 0 Å². The molecule has 118 valence electrons. The van der Waals surface area contributed by atoms with E-state index in [0.717, 1.165) is 37.2 Å². The van der Waals surface area contributed by atoms with E-state index in [9.17, 15) is 4.39 Å². The standard InChI is InChI=1S/C17H27FN2O/c1-13(2)11-19-12-14-5-4-6-16(18)17(14)20(9-10-21-3)15-7-8-15/h4-6,13,15,19H,7-12H2,1-3H3. The van der Waals surface area contributed by atoms with Gasteiger partial charge in [-0.3, -0.25) is 0 Å². The summed E-state index contributed by atoms with van der Waals surface area (Å²) in [4.78, 5) is 2.19. The van der Waals surface area contributed by atoms with E-state index in [4.69, 9.17) is 4.74 Å². The smallest absolute Gasteiger partial charge is 0.146 e. The van der Waals surface area contributed by atoms with Crippen LogP contribution in [0.1, 0.15) is 32.3 Å². The van der Waals surface area contributed by atoms with Crippen molar-refractivity contribution in [3.05, 3.63) is 29.6 Å². The van der Waals surface area contributed by atoms with E-state index >= 15 is 0 Å². The van der Waals surface area contributed by atoms with Gasteiger partial charge in [-0.05, 0) is 36.9 Å². The highest BCUT2D eigenvalue weighted by Gasteiger charge is 2.31. The zero-order valence-corrected chi connectivity index (χ0v) is 13.4. The fourth-order valence-corrected chi connectivity index (χ4v) is 2.57. The average Bonchev–Trinajstić information content (AvgIpc) is 3.25. The highest BCUT2D eigenvalue weighted by molar-refractivity contribution is 5.56. The summed E-state index contributed by atoms with van der Waals surface area (Å²) in [5.74, 6) is 0.469. The zero-order chi connectivity index (χ0) is 15.2. The summed E-state index contributed by atoms with van der Waals surface area (Å²) in [6.45, 7) is 7.38. The van der Waals surface area contributed by atoms with Gasteiger partial charge in [0.05, 0.1) is 12.3 Å². The molecule has 1 aliphatic rings. The number of nitrogens with one attached hydrogen (secondary N) is 1. The Hall–Kier alpha value is -1.13. The van der Waals surface area contributed by atoms with Gasteiger partial charge in [0.2, 0.25) is 0 Å². The molecule has 0 heterocycles. The number of anilines is 1. The molecule has 1 N–H and O–H groups in total. The van der Waals surface area contributed by atoms with Gasteiger partial charge in [-0.1, -0.05) is 26.0 Å². The minimum Gasteiger partial charge on any atom is -0.383 e. The topological polar surface area (TPSA) is 24.5 Å². The van der Waals surface area contributed by atoms with Crippen molar-refractivity contribution in [1.82, 2.24) is 5.32 Å². The summed E-state index contributed by atoms with van der Waals surface area (Å²) in [5, 5.41) is 3.41. The van der Waals surface area contributed by atoms with Crippen molar-refractivity contribution in [2.24, 2.45) is 5.92 Å². The maximum absolute atomic E-state index is 14.4. The summed E-state index contributed by atoms with van der Waals surface area (Å²) in [7, 11) is 1.69. The minimum absolute atomic E-state index is 0.123. The monoisotopic (exact) mass is 294 g/mol. The van der Waals surface area contributed by atoms with E-state index in [1.54, 1.807) is 19.2 Å². The lowest BCUT2D eigenvalue weighted by molar-refractivity contribution is 0.204. The molecular formula is C17H27FN2O. The molecule has 0 aliphatic heterocycles. The molecule has 21 heavy (non-hydrogen) atoms. The van der Waals surface area contributed by atoms with Crippen LogP contribution >= 0.6 is 0 Å². The first-order chi connectivity index (χ1) is 10.1. The molecule has 1 aliphatic carbocycles. The van der Waals surface area contributed by atoms with E-state index in [1.807, 2.05) is 6.07 Å². The van der Waals surface area contributed by atoms with Crippen molar-refractivity contribution in [2.45, 2.75) is 39.3 Å². The Bertz CT molecular complexity index is 446. The number of hydrogen-bond donors (Lipinski definition) is 1. The van der Waals surface area contributed by atoms with E-state index in [1.165, 1.54) is 0 Å². The molecule has 0 bridgehead atoms. The van der Waals surface area contributed by atoms with Gasteiger partial charge in [-0.2, -0.15) is 0 Å². The van der Waals surface area contributed by atoms with Gasteiger partial charge < -0.3 is 15.0 Å². The summed E-state index contributed by atoms with van der Waals surface area (Å²) in [6, 6.07) is 5.85. The molecule has 1 fully saturated rings. The first kappa shape index (κ1) is 16.2. The molecule has 0 spiro atoms. The summed E-state index contributed by atoms with van der Waals surface area (Å²) in [6.07, 6.45) is 2.30. The first-order valence-electron chi connectivity index (χ1n) is 7.87. The number of ether oxygens (including phenoxy) is 1. The Labute approximate surface area is 127 Å². The number of rotatable bonds is 9. The number of benzene rings is 1. The maximum Gasteiger partial charge on any atom is 0.146 e. The third kappa shape index (κ3) is 4.68. The van der Waals surface area contributed by atoms with Gasteiger partial charge >= 0.3 is 0 Å². The van der Waals surface area contributed by atoms with Crippen LogP contribution in [-0.2, 0) is 11.3 Å². The predicted octanol–water partition coefficient (Wildman–Crippen LogP) is 3.19. The molecule has 4 heteroatoms. The second-order valence-corrected chi connectivity index (χ2v) is 6.19. The van der Waals surface area contributed by atoms with E-state index < -0.39 is 0 Å². The molecule has 0 unspecified atom stereocenters. The molecule has 0 atom stereocenters. The SMILES string of the molecule is COCCN(c1c(F)cccc1CNCC(C)C)C1CC1. The zero-order valence-electron chi connectivity index (χ0n) is 13.4. The van der Waals surface area contributed by atoms with Gasteiger partial charge in [-0.25, -0.2) is 4.39 Å². The summed E-state index contributed by atoms with van der Waals surface area (Å²) >= 11 is 0. The van der Waals surface area contributed by atoms with Crippen molar-refractivity contribution in [3.63, 3.8) is 0 Å². The van der Waals surface area contributed by atoms with Crippen LogP contribution in [-0.4, -0.2) is 32.8 Å². The van der Waals surface area contributed by atoms with Crippen LogP contribution in [0.15, 0.2) is 18.2 Å².